The molecule has 1 atom stereocenters. The molecule has 3 amide bonds. The summed E-state index contributed by atoms with van der Waals surface area (Å²) >= 11 is 0. The number of likely N-dealkylation sites (N-methyl/N-ethyl adjacent to an activating group) is 1. The van der Waals surface area contributed by atoms with Crippen LogP contribution in [-0.2, 0) is 19.2 Å². The maximum Gasteiger partial charge on any atom is 0.312 e. The van der Waals surface area contributed by atoms with Crippen LogP contribution in [-0.4, -0.2) is 82.8 Å². The van der Waals surface area contributed by atoms with Crippen molar-refractivity contribution in [2.24, 2.45) is 5.41 Å². The van der Waals surface area contributed by atoms with Crippen molar-refractivity contribution in [2.45, 2.75) is 20.3 Å². The summed E-state index contributed by atoms with van der Waals surface area (Å²) in [7, 11) is 0. The van der Waals surface area contributed by atoms with Gasteiger partial charge in [0.05, 0.1) is 5.41 Å². The summed E-state index contributed by atoms with van der Waals surface area (Å²) in [4.78, 5) is 51.3. The van der Waals surface area contributed by atoms with Crippen molar-refractivity contribution in [2.75, 3.05) is 39.3 Å². The van der Waals surface area contributed by atoms with Crippen LogP contribution in [0.4, 0.5) is 0 Å². The highest BCUT2D eigenvalue weighted by Crippen LogP contribution is 2.30. The summed E-state index contributed by atoms with van der Waals surface area (Å²) in [6.45, 7) is 4.94. The second-order valence-electron chi connectivity index (χ2n) is 6.04. The Morgan fingerprint density at radius 1 is 1.14 bits per heavy atom. The van der Waals surface area contributed by atoms with Gasteiger partial charge in [-0.15, -0.1) is 0 Å². The lowest BCUT2D eigenvalue weighted by Gasteiger charge is -2.33. The zero-order valence-corrected chi connectivity index (χ0v) is 12.9. The molecule has 0 aliphatic carbocycles. The Kier molecular flexibility index (Phi) is 4.39. The fraction of sp³-hybridized carbons (Fsp3) is 0.714. The molecule has 0 aromatic heterocycles. The van der Waals surface area contributed by atoms with Crippen LogP contribution in [0, 0.1) is 5.41 Å². The summed E-state index contributed by atoms with van der Waals surface area (Å²) in [5.41, 5.74) is -0.934. The van der Waals surface area contributed by atoms with E-state index in [9.17, 15) is 24.3 Å². The molecule has 0 bridgehead atoms. The SMILES string of the molecule is CCN1CCN(CC(=O)N2CCC(C)(C(=O)O)C2)C(=O)C1=O. The van der Waals surface area contributed by atoms with Crippen molar-refractivity contribution in [1.82, 2.24) is 14.7 Å². The molecule has 8 heteroatoms. The molecule has 8 nitrogen and oxygen atoms in total. The topological polar surface area (TPSA) is 98.2 Å². The Bertz CT molecular complexity index is 521. The molecular formula is C14H21N3O5. The number of aliphatic carboxylic acids is 1. The molecule has 0 aromatic carbocycles. The van der Waals surface area contributed by atoms with E-state index in [1.165, 1.54) is 14.7 Å². The molecule has 2 rings (SSSR count). The summed E-state index contributed by atoms with van der Waals surface area (Å²) < 4.78 is 0. The van der Waals surface area contributed by atoms with Crippen LogP contribution >= 0.6 is 0 Å². The number of carbonyl (C=O) groups excluding carboxylic acids is 3. The van der Waals surface area contributed by atoms with E-state index >= 15 is 0 Å². The molecule has 0 spiro atoms. The van der Waals surface area contributed by atoms with Crippen LogP contribution in [0.3, 0.4) is 0 Å². The Morgan fingerprint density at radius 2 is 1.73 bits per heavy atom. The number of nitrogens with zero attached hydrogens (tertiary/aromatic N) is 3. The molecule has 2 aliphatic rings. The first-order chi connectivity index (χ1) is 10.3. The first-order valence-electron chi connectivity index (χ1n) is 7.38. The normalized spacial score (nSPS) is 25.8. The van der Waals surface area contributed by atoms with Gasteiger partial charge in [0.2, 0.25) is 5.91 Å². The van der Waals surface area contributed by atoms with E-state index in [1.807, 2.05) is 0 Å². The van der Waals surface area contributed by atoms with Crippen molar-refractivity contribution < 1.29 is 24.3 Å². The van der Waals surface area contributed by atoms with Gasteiger partial charge in [0.15, 0.2) is 0 Å². The van der Waals surface area contributed by atoms with Gasteiger partial charge in [-0.25, -0.2) is 0 Å². The van der Waals surface area contributed by atoms with Crippen LogP contribution < -0.4 is 0 Å². The maximum absolute atomic E-state index is 12.2. The fourth-order valence-corrected chi connectivity index (χ4v) is 2.78. The van der Waals surface area contributed by atoms with Crippen LogP contribution in [0.25, 0.3) is 0 Å². The monoisotopic (exact) mass is 311 g/mol. The van der Waals surface area contributed by atoms with E-state index in [1.54, 1.807) is 13.8 Å². The van der Waals surface area contributed by atoms with Crippen molar-refractivity contribution >= 4 is 23.7 Å². The van der Waals surface area contributed by atoms with Crippen LogP contribution in [0.1, 0.15) is 20.3 Å². The van der Waals surface area contributed by atoms with Gasteiger partial charge in [-0.2, -0.15) is 0 Å². The van der Waals surface area contributed by atoms with Gasteiger partial charge in [0, 0.05) is 32.7 Å². The third kappa shape index (κ3) is 2.90. The number of carboxylic acids is 1. The van der Waals surface area contributed by atoms with Gasteiger partial charge >= 0.3 is 17.8 Å². The van der Waals surface area contributed by atoms with Gasteiger partial charge < -0.3 is 19.8 Å². The van der Waals surface area contributed by atoms with E-state index < -0.39 is 23.2 Å². The number of carbonyl (C=O) groups is 4. The van der Waals surface area contributed by atoms with E-state index in [4.69, 9.17) is 0 Å². The van der Waals surface area contributed by atoms with E-state index in [0.717, 1.165) is 0 Å². The zero-order chi connectivity index (χ0) is 16.5. The molecule has 22 heavy (non-hydrogen) atoms. The second kappa shape index (κ2) is 5.94. The fourth-order valence-electron chi connectivity index (χ4n) is 2.78. The van der Waals surface area contributed by atoms with E-state index in [2.05, 4.69) is 0 Å². The van der Waals surface area contributed by atoms with Gasteiger partial charge in [-0.3, -0.25) is 19.2 Å². The minimum atomic E-state index is -0.934. The molecule has 0 radical (unpaired) electrons. The number of likely N-dealkylation sites (tertiary alicyclic amines) is 1. The maximum atomic E-state index is 12.2. The van der Waals surface area contributed by atoms with Crippen molar-refractivity contribution in [3.05, 3.63) is 0 Å². The Morgan fingerprint density at radius 3 is 2.27 bits per heavy atom. The predicted octanol–water partition coefficient (Wildman–Crippen LogP) is -1.000. The van der Waals surface area contributed by atoms with E-state index in [0.29, 0.717) is 32.6 Å². The third-order valence-corrected chi connectivity index (χ3v) is 4.45. The highest BCUT2D eigenvalue weighted by atomic mass is 16.4. The van der Waals surface area contributed by atoms with Gasteiger partial charge in [-0.05, 0) is 20.3 Å². The average Bonchev–Trinajstić information content (AvgIpc) is 2.88. The van der Waals surface area contributed by atoms with Gasteiger partial charge in [-0.1, -0.05) is 0 Å². The number of amides is 3. The zero-order valence-electron chi connectivity index (χ0n) is 12.9. The summed E-state index contributed by atoms with van der Waals surface area (Å²) in [5, 5.41) is 9.17. The van der Waals surface area contributed by atoms with Crippen molar-refractivity contribution in [1.29, 1.82) is 0 Å². The highest BCUT2D eigenvalue weighted by Gasteiger charge is 2.43. The predicted molar refractivity (Wildman–Crippen MR) is 75.8 cm³/mol. The molecule has 2 saturated heterocycles. The van der Waals surface area contributed by atoms with Gasteiger partial charge in [0.1, 0.15) is 6.54 Å². The lowest BCUT2D eigenvalue weighted by molar-refractivity contribution is -0.157. The van der Waals surface area contributed by atoms with Crippen LogP contribution in [0.2, 0.25) is 0 Å². The summed E-state index contributed by atoms with van der Waals surface area (Å²) in [6, 6.07) is 0. The van der Waals surface area contributed by atoms with Gasteiger partial charge in [0.25, 0.3) is 0 Å². The summed E-state index contributed by atoms with van der Waals surface area (Å²) in [5.74, 6) is -2.48. The lowest BCUT2D eigenvalue weighted by atomic mass is 9.90. The molecule has 2 heterocycles. The largest absolute Gasteiger partial charge is 0.481 e. The smallest absolute Gasteiger partial charge is 0.312 e. The van der Waals surface area contributed by atoms with Crippen LogP contribution in [0.15, 0.2) is 0 Å². The third-order valence-electron chi connectivity index (χ3n) is 4.45. The minimum Gasteiger partial charge on any atom is -0.481 e. The van der Waals surface area contributed by atoms with Crippen molar-refractivity contribution in [3.8, 4) is 0 Å². The number of carboxylic acid groups (broad SMARTS) is 1. The molecule has 1 unspecified atom stereocenters. The highest BCUT2D eigenvalue weighted by molar-refractivity contribution is 6.35. The molecule has 0 aromatic rings. The quantitative estimate of drug-likeness (QED) is 0.672. The van der Waals surface area contributed by atoms with Crippen molar-refractivity contribution in [3.63, 3.8) is 0 Å². The molecule has 122 valence electrons. The number of piperazine rings is 1. The first-order valence-corrected chi connectivity index (χ1v) is 7.38. The molecular weight excluding hydrogens is 290 g/mol. The number of hydrogen-bond donors (Lipinski definition) is 1. The number of hydrogen-bond acceptors (Lipinski definition) is 4. The molecule has 1 N–H and O–H groups in total. The molecule has 2 aliphatic heterocycles. The summed E-state index contributed by atoms with van der Waals surface area (Å²) in [6.07, 6.45) is 0.393. The number of rotatable bonds is 4. The minimum absolute atomic E-state index is 0.137. The molecule has 0 saturated carbocycles. The Balaban J connectivity index is 1.95. The average molecular weight is 311 g/mol. The first kappa shape index (κ1) is 16.3. The lowest BCUT2D eigenvalue weighted by Crippen LogP contribution is -2.56. The van der Waals surface area contributed by atoms with E-state index in [-0.39, 0.29) is 19.0 Å². The Hall–Kier alpha value is -2.12. The molecule has 2 fully saturated rings. The second-order valence-corrected chi connectivity index (χ2v) is 6.04. The van der Waals surface area contributed by atoms with Crippen LogP contribution in [0.5, 0.6) is 0 Å². The standard InChI is InChI=1S/C14H21N3O5/c1-3-15-6-7-16(12(20)11(15)19)8-10(18)17-5-4-14(2,9-17)13(21)22/h3-9H2,1-2H3,(H,21,22). The Labute approximate surface area is 128 Å².